The van der Waals surface area contributed by atoms with E-state index in [1.54, 1.807) is 36.5 Å². The minimum atomic E-state index is -0.0757. The van der Waals surface area contributed by atoms with Crippen molar-refractivity contribution in [3.63, 3.8) is 0 Å². The Bertz CT molecular complexity index is 599. The Hall–Kier alpha value is -1.58. The van der Waals surface area contributed by atoms with E-state index in [0.29, 0.717) is 27.0 Å². The Labute approximate surface area is 115 Å². The number of anilines is 1. The van der Waals surface area contributed by atoms with E-state index in [2.05, 4.69) is 4.98 Å². The number of carbonyl (C=O) groups is 1. The zero-order valence-electron chi connectivity index (χ0n) is 9.36. The second kappa shape index (κ2) is 5.38. The Balaban J connectivity index is 2.22. The van der Waals surface area contributed by atoms with E-state index in [1.165, 1.54) is 0 Å². The summed E-state index contributed by atoms with van der Waals surface area (Å²) >= 11 is 11.7. The van der Waals surface area contributed by atoms with E-state index in [-0.39, 0.29) is 12.2 Å². The maximum absolute atomic E-state index is 12.0. The van der Waals surface area contributed by atoms with Crippen LogP contribution in [0.25, 0.3) is 0 Å². The molecule has 1 heterocycles. The molecule has 0 amide bonds. The fourth-order valence-corrected chi connectivity index (χ4v) is 1.84. The Kier molecular flexibility index (Phi) is 3.84. The zero-order chi connectivity index (χ0) is 13.1. The van der Waals surface area contributed by atoms with Gasteiger partial charge in [0.15, 0.2) is 5.78 Å². The Morgan fingerprint density at radius 1 is 1.22 bits per heavy atom. The molecule has 0 saturated carbocycles. The molecule has 0 spiro atoms. The van der Waals surface area contributed by atoms with Gasteiger partial charge in [-0.05, 0) is 24.3 Å². The molecule has 18 heavy (non-hydrogen) atoms. The van der Waals surface area contributed by atoms with Gasteiger partial charge in [-0.2, -0.15) is 0 Å². The molecule has 0 unspecified atom stereocenters. The van der Waals surface area contributed by atoms with Crippen LogP contribution in [0.4, 0.5) is 5.82 Å². The van der Waals surface area contributed by atoms with Gasteiger partial charge in [0.1, 0.15) is 5.82 Å². The molecule has 2 N–H and O–H groups in total. The molecule has 2 aromatic rings. The maximum atomic E-state index is 12.0. The van der Waals surface area contributed by atoms with Crippen molar-refractivity contribution in [1.29, 1.82) is 0 Å². The molecule has 0 bridgehead atoms. The molecule has 2 rings (SSSR count). The van der Waals surface area contributed by atoms with Gasteiger partial charge in [0.2, 0.25) is 0 Å². The van der Waals surface area contributed by atoms with Gasteiger partial charge >= 0.3 is 0 Å². The summed E-state index contributed by atoms with van der Waals surface area (Å²) in [5.74, 6) is 0.291. The number of hydrogen-bond donors (Lipinski definition) is 1. The normalized spacial score (nSPS) is 10.3. The van der Waals surface area contributed by atoms with Gasteiger partial charge in [-0.15, -0.1) is 0 Å². The third-order valence-corrected chi connectivity index (χ3v) is 3.26. The van der Waals surface area contributed by atoms with Crippen molar-refractivity contribution in [3.05, 3.63) is 57.7 Å². The molecule has 0 radical (unpaired) electrons. The lowest BCUT2D eigenvalue weighted by molar-refractivity contribution is 0.0993. The van der Waals surface area contributed by atoms with Crippen LogP contribution in [0, 0.1) is 0 Å². The number of carbonyl (C=O) groups excluding carboxylic acids is 1. The second-order valence-corrected chi connectivity index (χ2v) is 4.59. The monoisotopic (exact) mass is 280 g/mol. The van der Waals surface area contributed by atoms with Crippen molar-refractivity contribution >= 4 is 34.8 Å². The van der Waals surface area contributed by atoms with E-state index in [1.807, 2.05) is 0 Å². The number of nitrogens with zero attached hydrogens (tertiary/aromatic N) is 1. The van der Waals surface area contributed by atoms with Crippen molar-refractivity contribution in [2.24, 2.45) is 0 Å². The quantitative estimate of drug-likeness (QED) is 0.877. The summed E-state index contributed by atoms with van der Waals surface area (Å²) in [7, 11) is 0. The van der Waals surface area contributed by atoms with Crippen molar-refractivity contribution in [2.75, 3.05) is 5.73 Å². The van der Waals surface area contributed by atoms with Crippen LogP contribution >= 0.6 is 23.2 Å². The zero-order valence-corrected chi connectivity index (χ0v) is 10.9. The minimum Gasteiger partial charge on any atom is -0.383 e. The third kappa shape index (κ3) is 2.81. The molecule has 92 valence electrons. The minimum absolute atomic E-state index is 0.0757. The smallest absolute Gasteiger partial charge is 0.167 e. The highest BCUT2D eigenvalue weighted by Gasteiger charge is 2.11. The lowest BCUT2D eigenvalue weighted by atomic mass is 10.0. The molecule has 0 fully saturated rings. The van der Waals surface area contributed by atoms with E-state index in [0.717, 1.165) is 0 Å². The SMILES string of the molecule is Nc1ncccc1CC(=O)c1ccc(Cl)c(Cl)c1. The van der Waals surface area contributed by atoms with Crippen molar-refractivity contribution in [2.45, 2.75) is 6.42 Å². The molecule has 5 heteroatoms. The van der Waals surface area contributed by atoms with Crippen LogP contribution in [-0.2, 0) is 6.42 Å². The molecule has 0 aliphatic carbocycles. The molecular formula is C13H10Cl2N2O. The number of nitrogen functional groups attached to an aromatic ring is 1. The summed E-state index contributed by atoms with van der Waals surface area (Å²) in [5, 5.41) is 0.788. The summed E-state index contributed by atoms with van der Waals surface area (Å²) in [4.78, 5) is 16.0. The number of nitrogens with two attached hydrogens (primary N) is 1. The topological polar surface area (TPSA) is 56.0 Å². The van der Waals surface area contributed by atoms with Gasteiger partial charge in [0, 0.05) is 23.7 Å². The number of ketones is 1. The number of aromatic nitrogens is 1. The summed E-state index contributed by atoms with van der Waals surface area (Å²) in [6.45, 7) is 0. The first kappa shape index (κ1) is 12.9. The van der Waals surface area contributed by atoms with Crippen molar-refractivity contribution in [1.82, 2.24) is 4.98 Å². The summed E-state index contributed by atoms with van der Waals surface area (Å²) in [5.41, 5.74) is 6.90. The first-order valence-corrected chi connectivity index (χ1v) is 6.01. The van der Waals surface area contributed by atoms with Crippen LogP contribution in [0.5, 0.6) is 0 Å². The predicted molar refractivity (Wildman–Crippen MR) is 73.1 cm³/mol. The van der Waals surface area contributed by atoms with Crippen LogP contribution in [-0.4, -0.2) is 10.8 Å². The molecule has 0 atom stereocenters. The molecule has 3 nitrogen and oxygen atoms in total. The van der Waals surface area contributed by atoms with Crippen LogP contribution < -0.4 is 5.73 Å². The van der Waals surface area contributed by atoms with E-state index in [4.69, 9.17) is 28.9 Å². The number of Topliss-reactive ketones (excluding diaryl/α,β-unsaturated/α-hetero) is 1. The first-order valence-electron chi connectivity index (χ1n) is 5.25. The van der Waals surface area contributed by atoms with Gasteiger partial charge in [-0.25, -0.2) is 4.98 Å². The fourth-order valence-electron chi connectivity index (χ4n) is 1.54. The lowest BCUT2D eigenvalue weighted by Gasteiger charge is -2.05. The van der Waals surface area contributed by atoms with E-state index >= 15 is 0 Å². The number of benzene rings is 1. The molecule has 1 aromatic heterocycles. The molecule has 0 aliphatic rings. The highest BCUT2D eigenvalue weighted by Crippen LogP contribution is 2.23. The van der Waals surface area contributed by atoms with Gasteiger partial charge in [-0.1, -0.05) is 29.3 Å². The highest BCUT2D eigenvalue weighted by atomic mass is 35.5. The summed E-state index contributed by atoms with van der Waals surface area (Å²) in [6.07, 6.45) is 1.78. The molecule has 0 saturated heterocycles. The first-order chi connectivity index (χ1) is 8.58. The maximum Gasteiger partial charge on any atom is 0.167 e. The molecule has 0 aliphatic heterocycles. The molecule has 1 aromatic carbocycles. The number of rotatable bonds is 3. The highest BCUT2D eigenvalue weighted by molar-refractivity contribution is 6.42. The van der Waals surface area contributed by atoms with Crippen LogP contribution in [0.2, 0.25) is 10.0 Å². The lowest BCUT2D eigenvalue weighted by Crippen LogP contribution is -2.06. The second-order valence-electron chi connectivity index (χ2n) is 3.78. The van der Waals surface area contributed by atoms with Gasteiger partial charge in [0.05, 0.1) is 10.0 Å². The predicted octanol–water partition coefficient (Wildman–Crippen LogP) is 3.40. The van der Waals surface area contributed by atoms with Crippen molar-refractivity contribution in [3.8, 4) is 0 Å². The number of pyridine rings is 1. The van der Waals surface area contributed by atoms with E-state index in [9.17, 15) is 4.79 Å². The number of halogens is 2. The number of hydrogen-bond acceptors (Lipinski definition) is 3. The van der Waals surface area contributed by atoms with Gasteiger partial charge in [-0.3, -0.25) is 4.79 Å². The van der Waals surface area contributed by atoms with E-state index < -0.39 is 0 Å². The van der Waals surface area contributed by atoms with Gasteiger partial charge < -0.3 is 5.73 Å². The summed E-state index contributed by atoms with van der Waals surface area (Å²) in [6, 6.07) is 8.32. The summed E-state index contributed by atoms with van der Waals surface area (Å²) < 4.78 is 0. The van der Waals surface area contributed by atoms with Crippen LogP contribution in [0.15, 0.2) is 36.5 Å². The van der Waals surface area contributed by atoms with Crippen LogP contribution in [0.3, 0.4) is 0 Å². The van der Waals surface area contributed by atoms with Crippen molar-refractivity contribution < 1.29 is 4.79 Å². The molecular weight excluding hydrogens is 271 g/mol. The Morgan fingerprint density at radius 2 is 2.00 bits per heavy atom. The standard InChI is InChI=1S/C13H10Cl2N2O/c14-10-4-3-8(6-11(10)15)12(18)7-9-2-1-5-17-13(9)16/h1-6H,7H2,(H2,16,17). The average molecular weight is 281 g/mol. The average Bonchev–Trinajstić information content (AvgIpc) is 2.35. The largest absolute Gasteiger partial charge is 0.383 e. The Morgan fingerprint density at radius 3 is 2.67 bits per heavy atom. The van der Waals surface area contributed by atoms with Gasteiger partial charge in [0.25, 0.3) is 0 Å². The third-order valence-electron chi connectivity index (χ3n) is 2.52. The van der Waals surface area contributed by atoms with Crippen LogP contribution in [0.1, 0.15) is 15.9 Å². The fraction of sp³-hybridized carbons (Fsp3) is 0.0769.